The van der Waals surface area contributed by atoms with E-state index in [1.54, 1.807) is 0 Å². The van der Waals surface area contributed by atoms with Crippen molar-refractivity contribution in [2.45, 2.75) is 43.9 Å². The molecule has 90 valence electrons. The summed E-state index contributed by atoms with van der Waals surface area (Å²) in [6.07, 6.45) is 6.21. The number of aryl methyl sites for hydroxylation is 1. The highest BCUT2D eigenvalue weighted by Crippen LogP contribution is 2.49. The zero-order valence-corrected chi connectivity index (χ0v) is 9.98. The molecule has 2 aliphatic carbocycles. The van der Waals surface area contributed by atoms with E-state index in [1.807, 2.05) is 0 Å². The summed E-state index contributed by atoms with van der Waals surface area (Å²) in [4.78, 5) is 11.0. The highest BCUT2D eigenvalue weighted by Gasteiger charge is 2.42. The molecule has 0 bridgehead atoms. The van der Waals surface area contributed by atoms with Gasteiger partial charge in [0.2, 0.25) is 0 Å². The number of fused-ring (bicyclic) bond motifs is 2. The molecule has 0 aliphatic heterocycles. The second-order valence-corrected chi connectivity index (χ2v) is 5.55. The molecule has 1 saturated carbocycles. The monoisotopic (exact) mass is 230 g/mol. The van der Waals surface area contributed by atoms with Crippen molar-refractivity contribution in [3.05, 3.63) is 35.4 Å². The smallest absolute Gasteiger partial charge is 0.306 e. The molecule has 0 radical (unpaired) electrons. The van der Waals surface area contributed by atoms with Crippen LogP contribution in [0, 0.1) is 5.92 Å². The van der Waals surface area contributed by atoms with Crippen LogP contribution in [0.2, 0.25) is 0 Å². The average Bonchev–Trinajstić information content (AvgIpc) is 2.70. The van der Waals surface area contributed by atoms with Gasteiger partial charge >= 0.3 is 5.97 Å². The Morgan fingerprint density at radius 3 is 2.59 bits per heavy atom. The standard InChI is InChI=1S/C15H18O2/c16-14(17)12-6-9-15(10-7-12)8-5-11-3-1-2-4-13(11)15/h1-4,12H,5-10H2,(H,16,17). The summed E-state index contributed by atoms with van der Waals surface area (Å²) in [5.41, 5.74) is 3.30. The van der Waals surface area contributed by atoms with Crippen molar-refractivity contribution in [1.82, 2.24) is 0 Å². The third-order valence-electron chi connectivity index (χ3n) is 4.75. The van der Waals surface area contributed by atoms with Gasteiger partial charge in [0, 0.05) is 0 Å². The lowest BCUT2D eigenvalue weighted by molar-refractivity contribution is -0.143. The second kappa shape index (κ2) is 3.86. The van der Waals surface area contributed by atoms with Gasteiger partial charge in [-0.1, -0.05) is 24.3 Å². The quantitative estimate of drug-likeness (QED) is 0.804. The summed E-state index contributed by atoms with van der Waals surface area (Å²) < 4.78 is 0. The Hall–Kier alpha value is -1.31. The molecule has 17 heavy (non-hydrogen) atoms. The van der Waals surface area contributed by atoms with E-state index in [1.165, 1.54) is 24.0 Å². The molecule has 1 spiro atoms. The average molecular weight is 230 g/mol. The number of carbonyl (C=O) groups is 1. The third-order valence-corrected chi connectivity index (χ3v) is 4.75. The zero-order chi connectivity index (χ0) is 11.9. The fourth-order valence-electron chi connectivity index (χ4n) is 3.70. The molecular weight excluding hydrogens is 212 g/mol. The van der Waals surface area contributed by atoms with E-state index in [-0.39, 0.29) is 5.92 Å². The van der Waals surface area contributed by atoms with Gasteiger partial charge in [0.15, 0.2) is 0 Å². The molecule has 0 aromatic heterocycles. The first-order chi connectivity index (χ1) is 8.21. The summed E-state index contributed by atoms with van der Waals surface area (Å²) in [6.45, 7) is 0. The van der Waals surface area contributed by atoms with Crippen molar-refractivity contribution in [3.63, 3.8) is 0 Å². The lowest BCUT2D eigenvalue weighted by Crippen LogP contribution is -2.32. The highest BCUT2D eigenvalue weighted by atomic mass is 16.4. The summed E-state index contributed by atoms with van der Waals surface area (Å²) >= 11 is 0. The molecule has 0 amide bonds. The van der Waals surface area contributed by atoms with Crippen molar-refractivity contribution in [2.24, 2.45) is 5.92 Å². The molecule has 1 aromatic rings. The molecule has 0 atom stereocenters. The van der Waals surface area contributed by atoms with Crippen LogP contribution >= 0.6 is 0 Å². The SMILES string of the molecule is O=C(O)C1CCC2(CCc3ccccc32)CC1. The maximum absolute atomic E-state index is 11.0. The summed E-state index contributed by atoms with van der Waals surface area (Å²) in [5, 5.41) is 9.06. The fraction of sp³-hybridized carbons (Fsp3) is 0.533. The molecule has 2 aliphatic rings. The van der Waals surface area contributed by atoms with Crippen molar-refractivity contribution in [2.75, 3.05) is 0 Å². The highest BCUT2D eigenvalue weighted by molar-refractivity contribution is 5.70. The molecule has 2 nitrogen and oxygen atoms in total. The van der Waals surface area contributed by atoms with Crippen LogP contribution in [0.25, 0.3) is 0 Å². The van der Waals surface area contributed by atoms with Crippen LogP contribution in [0.15, 0.2) is 24.3 Å². The summed E-state index contributed by atoms with van der Waals surface area (Å²) in [7, 11) is 0. The lowest BCUT2D eigenvalue weighted by Gasteiger charge is -2.37. The van der Waals surface area contributed by atoms with Gasteiger partial charge in [0.25, 0.3) is 0 Å². The van der Waals surface area contributed by atoms with Crippen molar-refractivity contribution >= 4 is 5.97 Å². The van der Waals surface area contributed by atoms with Crippen LogP contribution in [0.3, 0.4) is 0 Å². The Morgan fingerprint density at radius 2 is 1.88 bits per heavy atom. The number of carboxylic acids is 1. The minimum Gasteiger partial charge on any atom is -0.481 e. The first kappa shape index (κ1) is 10.8. The normalized spacial score (nSPS) is 31.4. The number of carboxylic acid groups (broad SMARTS) is 1. The van der Waals surface area contributed by atoms with E-state index < -0.39 is 5.97 Å². The van der Waals surface area contributed by atoms with E-state index in [9.17, 15) is 4.79 Å². The van der Waals surface area contributed by atoms with Crippen LogP contribution in [0.4, 0.5) is 0 Å². The Bertz CT molecular complexity index is 442. The molecule has 0 saturated heterocycles. The predicted octanol–water partition coefficient (Wildman–Crippen LogP) is 3.15. The molecule has 0 unspecified atom stereocenters. The van der Waals surface area contributed by atoms with E-state index >= 15 is 0 Å². The largest absolute Gasteiger partial charge is 0.481 e. The van der Waals surface area contributed by atoms with E-state index in [0.717, 1.165) is 25.7 Å². The summed E-state index contributed by atoms with van der Waals surface area (Å²) in [6, 6.07) is 8.71. The molecule has 1 N–H and O–H groups in total. The van der Waals surface area contributed by atoms with Crippen LogP contribution in [-0.4, -0.2) is 11.1 Å². The Kier molecular flexibility index (Phi) is 2.46. The lowest BCUT2D eigenvalue weighted by atomic mass is 9.67. The van der Waals surface area contributed by atoms with Crippen molar-refractivity contribution < 1.29 is 9.90 Å². The number of aliphatic carboxylic acids is 1. The van der Waals surface area contributed by atoms with E-state index in [2.05, 4.69) is 24.3 Å². The first-order valence-corrected chi connectivity index (χ1v) is 6.52. The van der Waals surface area contributed by atoms with Gasteiger partial charge in [-0.25, -0.2) is 0 Å². The van der Waals surface area contributed by atoms with E-state index in [0.29, 0.717) is 5.41 Å². The third kappa shape index (κ3) is 1.67. The van der Waals surface area contributed by atoms with Gasteiger partial charge in [-0.3, -0.25) is 4.79 Å². The fourth-order valence-corrected chi connectivity index (χ4v) is 3.70. The minimum absolute atomic E-state index is 0.103. The van der Waals surface area contributed by atoms with Crippen LogP contribution in [0.1, 0.15) is 43.2 Å². The predicted molar refractivity (Wildman–Crippen MR) is 66.0 cm³/mol. The number of hydrogen-bond donors (Lipinski definition) is 1. The maximum atomic E-state index is 11.0. The van der Waals surface area contributed by atoms with Crippen molar-refractivity contribution in [1.29, 1.82) is 0 Å². The first-order valence-electron chi connectivity index (χ1n) is 6.52. The van der Waals surface area contributed by atoms with Crippen LogP contribution in [0.5, 0.6) is 0 Å². The number of benzene rings is 1. The number of hydrogen-bond acceptors (Lipinski definition) is 1. The van der Waals surface area contributed by atoms with Gasteiger partial charge in [-0.15, -0.1) is 0 Å². The summed E-state index contributed by atoms with van der Waals surface area (Å²) in [5.74, 6) is -0.709. The molecule has 0 heterocycles. The topological polar surface area (TPSA) is 37.3 Å². The van der Waals surface area contributed by atoms with Gasteiger partial charge in [-0.05, 0) is 55.1 Å². The van der Waals surface area contributed by atoms with Crippen LogP contribution < -0.4 is 0 Å². The molecule has 1 fully saturated rings. The Labute approximate surface area is 102 Å². The zero-order valence-electron chi connectivity index (χ0n) is 9.98. The molecule has 2 heteroatoms. The van der Waals surface area contributed by atoms with Crippen molar-refractivity contribution in [3.8, 4) is 0 Å². The number of rotatable bonds is 1. The Balaban J connectivity index is 1.85. The van der Waals surface area contributed by atoms with Gasteiger partial charge in [0.05, 0.1) is 5.92 Å². The maximum Gasteiger partial charge on any atom is 0.306 e. The van der Waals surface area contributed by atoms with E-state index in [4.69, 9.17) is 5.11 Å². The Morgan fingerprint density at radius 1 is 1.18 bits per heavy atom. The molecular formula is C15H18O2. The van der Waals surface area contributed by atoms with Gasteiger partial charge < -0.3 is 5.11 Å². The molecule has 3 rings (SSSR count). The van der Waals surface area contributed by atoms with Gasteiger partial charge in [0.1, 0.15) is 0 Å². The van der Waals surface area contributed by atoms with Gasteiger partial charge in [-0.2, -0.15) is 0 Å². The minimum atomic E-state index is -0.605. The second-order valence-electron chi connectivity index (χ2n) is 5.55. The molecule has 1 aromatic carbocycles. The van der Waals surface area contributed by atoms with Crippen LogP contribution in [-0.2, 0) is 16.6 Å².